The van der Waals surface area contributed by atoms with Crippen LogP contribution in [0.1, 0.15) is 31.5 Å². The number of halogens is 2. The van der Waals surface area contributed by atoms with Crippen LogP contribution >= 0.6 is 0 Å². The molecule has 0 spiro atoms. The Balaban J connectivity index is 1.63. The summed E-state index contributed by atoms with van der Waals surface area (Å²) in [5, 5.41) is 3.31. The Morgan fingerprint density at radius 2 is 1.93 bits per heavy atom. The van der Waals surface area contributed by atoms with Crippen molar-refractivity contribution in [3.05, 3.63) is 64.6 Å². The lowest BCUT2D eigenvalue weighted by atomic mass is 10.00. The smallest absolute Gasteiger partial charge is 0.264 e. The maximum atomic E-state index is 15.1. The van der Waals surface area contributed by atoms with Crippen molar-refractivity contribution >= 4 is 16.6 Å². The van der Waals surface area contributed by atoms with Crippen molar-refractivity contribution in [1.82, 2.24) is 24.3 Å². The first kappa shape index (κ1) is 18.9. The summed E-state index contributed by atoms with van der Waals surface area (Å²) < 4.78 is 32.6. The summed E-state index contributed by atoms with van der Waals surface area (Å²) in [4.78, 5) is 21.5. The molecule has 8 heteroatoms. The molecule has 1 aliphatic rings. The van der Waals surface area contributed by atoms with Crippen LogP contribution in [0.2, 0.25) is 0 Å². The van der Waals surface area contributed by atoms with Crippen LogP contribution in [-0.2, 0) is 0 Å². The van der Waals surface area contributed by atoms with Gasteiger partial charge in [-0.3, -0.25) is 9.36 Å². The third-order valence-electron chi connectivity index (χ3n) is 5.79. The standard InChI is InChI=1S/C22H21F2N5O/c1-12-5-16(3-4-25-12)29-11-26-19-8-14(6-17(23)20(19)22(29)30)15-7-18(24)21-27-13(2)9-28(21)10-15/h6-12,16,25H,3-5H2,1-2H3/t12-,16-/m0/s1. The van der Waals surface area contributed by atoms with Crippen molar-refractivity contribution in [3.63, 3.8) is 0 Å². The molecule has 1 N–H and O–H groups in total. The minimum Gasteiger partial charge on any atom is -0.314 e. The SMILES string of the molecule is Cc1cn2cc(-c3cc(F)c4c(=O)n([C@H]5CCN[C@@H](C)C5)cnc4c3)cc(F)c2n1. The minimum atomic E-state index is -0.654. The number of rotatable bonds is 2. The van der Waals surface area contributed by atoms with E-state index in [0.29, 0.717) is 16.8 Å². The fourth-order valence-electron chi connectivity index (χ4n) is 4.33. The van der Waals surface area contributed by atoms with Gasteiger partial charge in [-0.1, -0.05) is 0 Å². The normalized spacial score (nSPS) is 19.6. The Morgan fingerprint density at radius 3 is 2.73 bits per heavy atom. The van der Waals surface area contributed by atoms with Crippen molar-refractivity contribution in [3.8, 4) is 11.1 Å². The first-order valence-corrected chi connectivity index (χ1v) is 9.99. The van der Waals surface area contributed by atoms with Crippen LogP contribution in [0.3, 0.4) is 0 Å². The zero-order valence-electron chi connectivity index (χ0n) is 16.7. The lowest BCUT2D eigenvalue weighted by molar-refractivity contribution is 0.307. The van der Waals surface area contributed by atoms with Gasteiger partial charge in [0.05, 0.1) is 17.5 Å². The summed E-state index contributed by atoms with van der Waals surface area (Å²) in [6, 6.07) is 4.49. The molecule has 4 aromatic rings. The number of benzene rings is 1. The summed E-state index contributed by atoms with van der Waals surface area (Å²) >= 11 is 0. The van der Waals surface area contributed by atoms with E-state index < -0.39 is 11.6 Å². The number of aromatic nitrogens is 4. The van der Waals surface area contributed by atoms with E-state index in [9.17, 15) is 9.18 Å². The molecule has 0 unspecified atom stereocenters. The number of nitrogens with zero attached hydrogens (tertiary/aromatic N) is 4. The maximum absolute atomic E-state index is 15.1. The number of fused-ring (bicyclic) bond motifs is 2. The number of hydrogen-bond acceptors (Lipinski definition) is 4. The maximum Gasteiger partial charge on any atom is 0.264 e. The van der Waals surface area contributed by atoms with Crippen LogP contribution in [0.25, 0.3) is 27.7 Å². The molecular weight excluding hydrogens is 388 g/mol. The number of aryl methyl sites for hydroxylation is 1. The van der Waals surface area contributed by atoms with Gasteiger partial charge >= 0.3 is 0 Å². The molecule has 0 radical (unpaired) electrons. The summed E-state index contributed by atoms with van der Waals surface area (Å²) in [7, 11) is 0. The summed E-state index contributed by atoms with van der Waals surface area (Å²) in [5.41, 5.74) is 1.72. The molecule has 0 saturated carbocycles. The van der Waals surface area contributed by atoms with Crippen molar-refractivity contribution in [2.24, 2.45) is 0 Å². The van der Waals surface area contributed by atoms with Gasteiger partial charge in [-0.05, 0) is 57.0 Å². The number of imidazole rings is 1. The van der Waals surface area contributed by atoms with Gasteiger partial charge in [0.1, 0.15) is 11.2 Å². The Kier molecular flexibility index (Phi) is 4.39. The average molecular weight is 409 g/mol. The van der Waals surface area contributed by atoms with Crippen LogP contribution in [0.15, 0.2) is 41.7 Å². The molecule has 6 nitrogen and oxygen atoms in total. The van der Waals surface area contributed by atoms with E-state index in [1.807, 2.05) is 0 Å². The number of pyridine rings is 1. The highest BCUT2D eigenvalue weighted by Crippen LogP contribution is 2.27. The van der Waals surface area contributed by atoms with Crippen LogP contribution in [0.5, 0.6) is 0 Å². The first-order valence-electron chi connectivity index (χ1n) is 9.99. The van der Waals surface area contributed by atoms with Crippen molar-refractivity contribution in [1.29, 1.82) is 0 Å². The zero-order chi connectivity index (χ0) is 21.0. The third kappa shape index (κ3) is 3.08. The molecule has 2 atom stereocenters. The van der Waals surface area contributed by atoms with E-state index in [1.54, 1.807) is 34.4 Å². The van der Waals surface area contributed by atoms with E-state index in [-0.39, 0.29) is 34.2 Å². The monoisotopic (exact) mass is 409 g/mol. The van der Waals surface area contributed by atoms with E-state index in [2.05, 4.69) is 22.2 Å². The second kappa shape index (κ2) is 6.98. The second-order valence-corrected chi connectivity index (χ2v) is 8.03. The molecular formula is C22H21F2N5O. The van der Waals surface area contributed by atoms with Gasteiger partial charge in [0.2, 0.25) is 0 Å². The van der Waals surface area contributed by atoms with Crippen LogP contribution in [-0.4, -0.2) is 31.5 Å². The van der Waals surface area contributed by atoms with Crippen LogP contribution in [0.4, 0.5) is 8.78 Å². The van der Waals surface area contributed by atoms with E-state index in [4.69, 9.17) is 0 Å². The summed E-state index contributed by atoms with van der Waals surface area (Å²) in [5.74, 6) is -1.15. The van der Waals surface area contributed by atoms with E-state index in [1.165, 1.54) is 18.5 Å². The molecule has 1 fully saturated rings. The minimum absolute atomic E-state index is 0.00860. The second-order valence-electron chi connectivity index (χ2n) is 8.03. The van der Waals surface area contributed by atoms with E-state index >= 15 is 4.39 Å². The molecule has 5 rings (SSSR count). The van der Waals surface area contributed by atoms with E-state index in [0.717, 1.165) is 19.4 Å². The first-order chi connectivity index (χ1) is 14.4. The highest BCUT2D eigenvalue weighted by molar-refractivity contribution is 5.84. The summed E-state index contributed by atoms with van der Waals surface area (Å²) in [6.07, 6.45) is 6.48. The molecule has 1 saturated heterocycles. The third-order valence-corrected chi connectivity index (χ3v) is 5.79. The fourth-order valence-corrected chi connectivity index (χ4v) is 4.33. The van der Waals surface area contributed by atoms with Crippen LogP contribution < -0.4 is 10.9 Å². The predicted molar refractivity (Wildman–Crippen MR) is 111 cm³/mol. The molecule has 0 bridgehead atoms. The van der Waals surface area contributed by atoms with Gasteiger partial charge < -0.3 is 9.72 Å². The molecule has 3 aromatic heterocycles. The molecule has 30 heavy (non-hydrogen) atoms. The molecule has 154 valence electrons. The largest absolute Gasteiger partial charge is 0.314 e. The van der Waals surface area contributed by atoms with Gasteiger partial charge in [-0.2, -0.15) is 0 Å². The number of nitrogens with one attached hydrogen (secondary N) is 1. The van der Waals surface area contributed by atoms with Crippen molar-refractivity contribution in [2.45, 2.75) is 38.8 Å². The lowest BCUT2D eigenvalue weighted by Crippen LogP contribution is -2.39. The predicted octanol–water partition coefficient (Wildman–Crippen LogP) is 3.61. The summed E-state index contributed by atoms with van der Waals surface area (Å²) in [6.45, 7) is 4.65. The zero-order valence-corrected chi connectivity index (χ0v) is 16.7. The van der Waals surface area contributed by atoms with Crippen LogP contribution in [0, 0.1) is 18.6 Å². The Hall–Kier alpha value is -3.13. The fraction of sp³-hybridized carbons (Fsp3) is 0.318. The molecule has 1 aromatic carbocycles. The highest BCUT2D eigenvalue weighted by Gasteiger charge is 2.22. The molecule has 4 heterocycles. The number of hydrogen-bond donors (Lipinski definition) is 1. The van der Waals surface area contributed by atoms with Gasteiger partial charge in [0.15, 0.2) is 11.5 Å². The van der Waals surface area contributed by atoms with Gasteiger partial charge in [-0.15, -0.1) is 0 Å². The van der Waals surface area contributed by atoms with Gasteiger partial charge in [-0.25, -0.2) is 18.7 Å². The molecule has 0 amide bonds. The highest BCUT2D eigenvalue weighted by atomic mass is 19.1. The topological polar surface area (TPSA) is 64.2 Å². The van der Waals surface area contributed by atoms with Crippen molar-refractivity contribution in [2.75, 3.05) is 6.54 Å². The van der Waals surface area contributed by atoms with Crippen molar-refractivity contribution < 1.29 is 8.78 Å². The average Bonchev–Trinajstić information content (AvgIpc) is 3.08. The number of piperidine rings is 1. The quantitative estimate of drug-likeness (QED) is 0.549. The van der Waals surface area contributed by atoms with Gasteiger partial charge in [0.25, 0.3) is 5.56 Å². The van der Waals surface area contributed by atoms with Gasteiger partial charge in [0, 0.05) is 30.0 Å². The Bertz CT molecular complexity index is 1340. The Morgan fingerprint density at radius 1 is 1.13 bits per heavy atom. The molecule has 0 aliphatic carbocycles. The Labute approximate surface area is 171 Å². The lowest BCUT2D eigenvalue weighted by Gasteiger charge is -2.29. The molecule has 1 aliphatic heterocycles.